The zero-order chi connectivity index (χ0) is 35.0. The molecule has 0 amide bonds. The number of rotatable bonds is 34. The van der Waals surface area contributed by atoms with E-state index in [1.165, 1.54) is 77.0 Å². The van der Waals surface area contributed by atoms with Crippen molar-refractivity contribution in [2.45, 2.75) is 174 Å². The number of unbranched alkanes of at least 4 members (excludes halogenated alkanes) is 14. The minimum Gasteiger partial charge on any atom is -0.462 e. The van der Waals surface area contributed by atoms with Gasteiger partial charge in [-0.3, -0.25) is 9.59 Å². The van der Waals surface area contributed by atoms with Crippen molar-refractivity contribution >= 4 is 11.9 Å². The molecule has 5 heteroatoms. The van der Waals surface area contributed by atoms with Crippen molar-refractivity contribution in [2.24, 2.45) is 0 Å². The molecule has 0 aliphatic carbocycles. The molecule has 0 aromatic heterocycles. The number of allylic oxidation sites excluding steroid dienone is 12. The lowest BCUT2D eigenvalue weighted by Crippen LogP contribution is -2.28. The van der Waals surface area contributed by atoms with Gasteiger partial charge in [0.2, 0.25) is 0 Å². The van der Waals surface area contributed by atoms with E-state index in [9.17, 15) is 14.7 Å². The molecule has 0 aromatic rings. The van der Waals surface area contributed by atoms with Crippen LogP contribution < -0.4 is 0 Å². The van der Waals surface area contributed by atoms with Crippen LogP contribution in [-0.4, -0.2) is 36.4 Å². The second kappa shape index (κ2) is 38.8. The van der Waals surface area contributed by atoms with Crippen molar-refractivity contribution in [1.82, 2.24) is 0 Å². The van der Waals surface area contributed by atoms with Gasteiger partial charge in [-0.1, -0.05) is 145 Å². The summed E-state index contributed by atoms with van der Waals surface area (Å²) in [5.41, 5.74) is 0. The molecule has 0 spiro atoms. The van der Waals surface area contributed by atoms with Crippen molar-refractivity contribution < 1.29 is 24.2 Å². The Morgan fingerprint density at radius 2 is 0.854 bits per heavy atom. The number of hydrogen-bond acceptors (Lipinski definition) is 5. The lowest BCUT2D eigenvalue weighted by molar-refractivity contribution is -0.161. The molecular formula is C43H72O5. The molecule has 0 saturated carbocycles. The fourth-order valence-electron chi connectivity index (χ4n) is 4.99. The van der Waals surface area contributed by atoms with E-state index in [4.69, 9.17) is 9.47 Å². The van der Waals surface area contributed by atoms with Crippen molar-refractivity contribution in [3.8, 4) is 0 Å². The lowest BCUT2D eigenvalue weighted by atomic mass is 10.1. The number of esters is 2. The topological polar surface area (TPSA) is 72.8 Å². The van der Waals surface area contributed by atoms with E-state index in [1.54, 1.807) is 0 Å². The van der Waals surface area contributed by atoms with Gasteiger partial charge in [-0.15, -0.1) is 0 Å². The third-order valence-corrected chi connectivity index (χ3v) is 7.97. The zero-order valence-electron chi connectivity index (χ0n) is 31.0. The van der Waals surface area contributed by atoms with E-state index in [0.29, 0.717) is 12.8 Å². The quantitative estimate of drug-likeness (QED) is 0.0420. The molecular weight excluding hydrogens is 596 g/mol. The molecule has 48 heavy (non-hydrogen) atoms. The fraction of sp³-hybridized carbons (Fsp3) is 0.674. The van der Waals surface area contributed by atoms with Gasteiger partial charge in [-0.25, -0.2) is 0 Å². The second-order valence-corrected chi connectivity index (χ2v) is 12.6. The van der Waals surface area contributed by atoms with Crippen molar-refractivity contribution in [3.63, 3.8) is 0 Å². The predicted molar refractivity (Wildman–Crippen MR) is 205 cm³/mol. The summed E-state index contributed by atoms with van der Waals surface area (Å²) < 4.78 is 10.6. The molecule has 5 nitrogen and oxygen atoms in total. The van der Waals surface area contributed by atoms with Crippen molar-refractivity contribution in [1.29, 1.82) is 0 Å². The highest BCUT2D eigenvalue weighted by atomic mass is 16.6. The predicted octanol–water partition coefficient (Wildman–Crippen LogP) is 12.2. The number of ether oxygens (including phenoxy) is 2. The molecule has 0 aliphatic rings. The highest BCUT2D eigenvalue weighted by Gasteiger charge is 2.15. The molecule has 0 rings (SSSR count). The number of aliphatic hydroxyl groups excluding tert-OH is 1. The number of aliphatic hydroxyl groups is 1. The standard InChI is InChI=1S/C43H72O5/c1-3-5-7-9-11-13-15-17-19-21-23-25-27-29-31-33-35-37-42(45)47-40-41(39-44)48-43(46)38-36-34-32-30-28-26-24-22-20-18-16-14-12-10-8-6-4-2/h11-14,17-20,24,26,30,32,41,44H,3-10,15-16,21-23,25,27-29,31,33-40H2,1-2H3/b13-11+,14-12+,19-17+,20-18+,26-24+,32-30+/t41-/m0/s1. The van der Waals surface area contributed by atoms with E-state index >= 15 is 0 Å². The first kappa shape index (κ1) is 45.3. The van der Waals surface area contributed by atoms with Gasteiger partial charge in [0.1, 0.15) is 6.61 Å². The summed E-state index contributed by atoms with van der Waals surface area (Å²) in [6.07, 6.45) is 51.0. The van der Waals surface area contributed by atoms with Crippen LogP contribution in [0.1, 0.15) is 168 Å². The molecule has 0 saturated heterocycles. The Bertz CT molecular complexity index is 895. The summed E-state index contributed by atoms with van der Waals surface area (Å²) in [6, 6.07) is 0. The summed E-state index contributed by atoms with van der Waals surface area (Å²) in [5.74, 6) is -0.671. The van der Waals surface area contributed by atoms with Crippen LogP contribution in [0, 0.1) is 0 Å². The van der Waals surface area contributed by atoms with Crippen LogP contribution in [-0.2, 0) is 19.1 Å². The Kier molecular flexibility index (Phi) is 36.6. The lowest BCUT2D eigenvalue weighted by Gasteiger charge is -2.15. The molecule has 0 fully saturated rings. The molecule has 274 valence electrons. The van der Waals surface area contributed by atoms with Crippen LogP contribution in [0.2, 0.25) is 0 Å². The van der Waals surface area contributed by atoms with Gasteiger partial charge in [0, 0.05) is 12.8 Å². The number of carbonyl (C=O) groups is 2. The molecule has 0 aromatic carbocycles. The first-order valence-corrected chi connectivity index (χ1v) is 19.5. The maximum atomic E-state index is 12.1. The van der Waals surface area contributed by atoms with Gasteiger partial charge in [0.05, 0.1) is 6.61 Å². The summed E-state index contributed by atoms with van der Waals surface area (Å²) in [4.78, 5) is 24.2. The minimum atomic E-state index is -0.806. The maximum Gasteiger partial charge on any atom is 0.306 e. The number of hydrogen-bond donors (Lipinski definition) is 1. The van der Waals surface area contributed by atoms with E-state index < -0.39 is 6.10 Å². The van der Waals surface area contributed by atoms with Crippen molar-refractivity contribution in [2.75, 3.05) is 13.2 Å². The molecule has 0 unspecified atom stereocenters. The molecule has 0 radical (unpaired) electrons. The SMILES string of the molecule is CCCCC/C=C/C/C=C/C/C=C/C/C=C/CCCC(=O)O[C@@H](CO)COC(=O)CCCCCCCCC/C=C/C/C=C/CCCCC. The van der Waals surface area contributed by atoms with Gasteiger partial charge in [0.15, 0.2) is 6.10 Å². The van der Waals surface area contributed by atoms with Crippen LogP contribution >= 0.6 is 0 Å². The molecule has 1 atom stereocenters. The van der Waals surface area contributed by atoms with E-state index in [0.717, 1.165) is 57.8 Å². The minimum absolute atomic E-state index is 0.0953. The summed E-state index contributed by atoms with van der Waals surface area (Å²) in [7, 11) is 0. The Labute approximate surface area is 295 Å². The Morgan fingerprint density at radius 1 is 0.479 bits per heavy atom. The van der Waals surface area contributed by atoms with E-state index in [-0.39, 0.29) is 31.6 Å². The van der Waals surface area contributed by atoms with Gasteiger partial charge < -0.3 is 14.6 Å². The number of carbonyl (C=O) groups excluding carboxylic acids is 2. The van der Waals surface area contributed by atoms with E-state index in [1.807, 2.05) is 0 Å². The summed E-state index contributed by atoms with van der Waals surface area (Å²) in [6.45, 7) is 4.02. The third-order valence-electron chi connectivity index (χ3n) is 7.97. The average Bonchev–Trinajstić information content (AvgIpc) is 3.09. The molecule has 1 N–H and O–H groups in total. The molecule has 0 bridgehead atoms. The van der Waals surface area contributed by atoms with Gasteiger partial charge in [-0.05, 0) is 83.5 Å². The highest BCUT2D eigenvalue weighted by Crippen LogP contribution is 2.11. The fourth-order valence-corrected chi connectivity index (χ4v) is 4.99. The first-order chi connectivity index (χ1) is 23.6. The highest BCUT2D eigenvalue weighted by molar-refractivity contribution is 5.70. The monoisotopic (exact) mass is 669 g/mol. The zero-order valence-corrected chi connectivity index (χ0v) is 31.0. The van der Waals surface area contributed by atoms with Crippen LogP contribution in [0.5, 0.6) is 0 Å². The molecule has 0 heterocycles. The summed E-state index contributed by atoms with van der Waals surface area (Å²) in [5, 5.41) is 9.54. The van der Waals surface area contributed by atoms with Crippen LogP contribution in [0.4, 0.5) is 0 Å². The van der Waals surface area contributed by atoms with Crippen LogP contribution in [0.15, 0.2) is 72.9 Å². The average molecular weight is 669 g/mol. The third kappa shape index (κ3) is 36.2. The van der Waals surface area contributed by atoms with Gasteiger partial charge >= 0.3 is 11.9 Å². The molecule has 0 aliphatic heterocycles. The smallest absolute Gasteiger partial charge is 0.306 e. The van der Waals surface area contributed by atoms with Crippen LogP contribution in [0.3, 0.4) is 0 Å². The summed E-state index contributed by atoms with van der Waals surface area (Å²) >= 11 is 0. The van der Waals surface area contributed by atoms with Crippen molar-refractivity contribution in [3.05, 3.63) is 72.9 Å². The largest absolute Gasteiger partial charge is 0.462 e. The van der Waals surface area contributed by atoms with Gasteiger partial charge in [0.25, 0.3) is 0 Å². The first-order valence-electron chi connectivity index (χ1n) is 19.5. The van der Waals surface area contributed by atoms with E-state index in [2.05, 4.69) is 86.8 Å². The Morgan fingerprint density at radius 3 is 1.31 bits per heavy atom. The maximum absolute atomic E-state index is 12.1. The normalized spacial score (nSPS) is 13.0. The Balaban J connectivity index is 3.69. The van der Waals surface area contributed by atoms with Crippen LogP contribution in [0.25, 0.3) is 0 Å². The second-order valence-electron chi connectivity index (χ2n) is 12.6. The Hall–Kier alpha value is -2.66. The van der Waals surface area contributed by atoms with Gasteiger partial charge in [-0.2, -0.15) is 0 Å².